The van der Waals surface area contributed by atoms with E-state index in [1.165, 1.54) is 39.2 Å². The fourth-order valence-electron chi connectivity index (χ4n) is 2.97. The van der Waals surface area contributed by atoms with Crippen molar-refractivity contribution in [2.24, 2.45) is 0 Å². The van der Waals surface area contributed by atoms with Crippen LogP contribution in [0.25, 0.3) is 0 Å². The summed E-state index contributed by atoms with van der Waals surface area (Å²) >= 11 is 0. The first kappa shape index (κ1) is 24.3. The lowest BCUT2D eigenvalue weighted by Crippen LogP contribution is -2.42. The second kappa shape index (κ2) is 10.5. The maximum atomic E-state index is 12.7. The van der Waals surface area contributed by atoms with E-state index in [1.807, 2.05) is 0 Å². The van der Waals surface area contributed by atoms with Crippen LogP contribution in [0.5, 0.6) is 17.2 Å². The number of benzene rings is 2. The van der Waals surface area contributed by atoms with Gasteiger partial charge in [0.25, 0.3) is 5.91 Å². The van der Waals surface area contributed by atoms with E-state index in [-0.39, 0.29) is 4.90 Å². The van der Waals surface area contributed by atoms with E-state index in [0.717, 1.165) is 0 Å². The number of hydrogen-bond acceptors (Lipinski definition) is 8. The molecule has 0 saturated heterocycles. The zero-order chi connectivity index (χ0) is 24.0. The number of rotatable bonds is 8. The Morgan fingerprint density at radius 1 is 1.03 bits per heavy atom. The predicted molar refractivity (Wildman–Crippen MR) is 119 cm³/mol. The van der Waals surface area contributed by atoms with Crippen molar-refractivity contribution < 1.29 is 37.0 Å². The number of esters is 1. The minimum atomic E-state index is -4.07. The molecule has 178 valence electrons. The second-order valence-electron chi connectivity index (χ2n) is 7.27. The third-order valence-electron chi connectivity index (χ3n) is 4.74. The summed E-state index contributed by atoms with van der Waals surface area (Å²) in [5.74, 6) is -0.289. The van der Waals surface area contributed by atoms with Gasteiger partial charge in [0.15, 0.2) is 17.6 Å². The molecule has 0 spiro atoms. The van der Waals surface area contributed by atoms with Crippen molar-refractivity contribution in [3.63, 3.8) is 0 Å². The Labute approximate surface area is 192 Å². The Bertz CT molecular complexity index is 1120. The molecule has 0 radical (unpaired) electrons. The van der Waals surface area contributed by atoms with Crippen molar-refractivity contribution in [1.29, 1.82) is 0 Å². The van der Waals surface area contributed by atoms with Gasteiger partial charge in [-0.2, -0.15) is 4.72 Å². The van der Waals surface area contributed by atoms with Crippen LogP contribution in [0.15, 0.2) is 47.4 Å². The van der Waals surface area contributed by atoms with Crippen molar-refractivity contribution in [2.45, 2.75) is 37.3 Å². The van der Waals surface area contributed by atoms with E-state index < -0.39 is 34.0 Å². The molecule has 0 aliphatic carbocycles. The van der Waals surface area contributed by atoms with Gasteiger partial charge in [0, 0.05) is 12.5 Å². The first-order valence-electron chi connectivity index (χ1n) is 10.3. The lowest BCUT2D eigenvalue weighted by molar-refractivity contribution is -0.154. The second-order valence-corrected chi connectivity index (χ2v) is 8.98. The molecule has 2 atom stereocenters. The summed E-state index contributed by atoms with van der Waals surface area (Å²) in [6, 6.07) is 9.72. The van der Waals surface area contributed by atoms with Crippen LogP contribution in [0.1, 0.15) is 20.3 Å². The summed E-state index contributed by atoms with van der Waals surface area (Å²) in [6.07, 6.45) is -0.492. The molecule has 1 aliphatic heterocycles. The van der Waals surface area contributed by atoms with E-state index >= 15 is 0 Å². The highest BCUT2D eigenvalue weighted by molar-refractivity contribution is 7.89. The molecule has 0 fully saturated rings. The summed E-state index contributed by atoms with van der Waals surface area (Å²) in [6.45, 7) is 3.59. The quantitative estimate of drug-likeness (QED) is 0.552. The van der Waals surface area contributed by atoms with E-state index in [2.05, 4.69) is 10.0 Å². The summed E-state index contributed by atoms with van der Waals surface area (Å²) < 4.78 is 49.1. The first-order valence-corrected chi connectivity index (χ1v) is 11.8. The number of carbonyl (C=O) groups is 2. The summed E-state index contributed by atoms with van der Waals surface area (Å²) in [5, 5.41) is 2.61. The molecule has 2 N–H and O–H groups in total. The predicted octanol–water partition coefficient (Wildman–Crippen LogP) is 2.09. The minimum Gasteiger partial charge on any atom is -0.495 e. The van der Waals surface area contributed by atoms with Gasteiger partial charge in [-0.1, -0.05) is 12.1 Å². The average molecular weight is 479 g/mol. The number of fused-ring (bicyclic) bond motifs is 1. The standard InChI is InChI=1S/C22H26N2O8S/c1-14(22(26)32-15(2)21(25)23-17-7-4-5-8-18(17)29-3)24-33(27,28)16-9-10-19-20(13-16)31-12-6-11-30-19/h4-5,7-10,13-15,24H,6,11-12H2,1-3H3,(H,23,25)/t14-,15+/m0/s1. The van der Waals surface area contributed by atoms with Crippen LogP contribution in [-0.2, 0) is 24.3 Å². The Morgan fingerprint density at radius 3 is 2.45 bits per heavy atom. The molecule has 2 aromatic carbocycles. The number of hydrogen-bond donors (Lipinski definition) is 2. The van der Waals surface area contributed by atoms with Gasteiger partial charge in [0.1, 0.15) is 11.8 Å². The molecular weight excluding hydrogens is 452 g/mol. The van der Waals surface area contributed by atoms with Crippen LogP contribution in [0.3, 0.4) is 0 Å². The number of methoxy groups -OCH3 is 1. The fraction of sp³-hybridized carbons (Fsp3) is 0.364. The van der Waals surface area contributed by atoms with Crippen LogP contribution in [0, 0.1) is 0 Å². The van der Waals surface area contributed by atoms with Crippen molar-refractivity contribution >= 4 is 27.6 Å². The molecular formula is C22H26N2O8S. The molecule has 10 nitrogen and oxygen atoms in total. The molecule has 0 saturated carbocycles. The molecule has 3 rings (SSSR count). The van der Waals surface area contributed by atoms with Gasteiger partial charge in [-0.05, 0) is 38.1 Å². The smallest absolute Gasteiger partial charge is 0.324 e. The van der Waals surface area contributed by atoms with Crippen molar-refractivity contribution in [1.82, 2.24) is 4.72 Å². The third-order valence-corrected chi connectivity index (χ3v) is 6.28. The third kappa shape index (κ3) is 6.14. The zero-order valence-corrected chi connectivity index (χ0v) is 19.3. The van der Waals surface area contributed by atoms with Gasteiger partial charge in [0.2, 0.25) is 10.0 Å². The molecule has 1 amide bonds. The van der Waals surface area contributed by atoms with Gasteiger partial charge in [-0.25, -0.2) is 8.42 Å². The Balaban J connectivity index is 1.61. The topological polar surface area (TPSA) is 129 Å². The van der Waals surface area contributed by atoms with Gasteiger partial charge in [-0.3, -0.25) is 9.59 Å². The molecule has 0 bridgehead atoms. The highest BCUT2D eigenvalue weighted by atomic mass is 32.2. The summed E-state index contributed by atoms with van der Waals surface area (Å²) in [4.78, 5) is 24.7. The van der Waals surface area contributed by atoms with E-state index in [9.17, 15) is 18.0 Å². The Morgan fingerprint density at radius 2 is 1.73 bits per heavy atom. The SMILES string of the molecule is COc1ccccc1NC(=O)[C@@H](C)OC(=O)[C@H](C)NS(=O)(=O)c1ccc2c(c1)OCCCO2. The van der Waals surface area contributed by atoms with E-state index in [1.54, 1.807) is 24.3 Å². The molecule has 1 aliphatic rings. The van der Waals surface area contributed by atoms with Crippen LogP contribution < -0.4 is 24.2 Å². The van der Waals surface area contributed by atoms with Gasteiger partial charge in [0.05, 0.1) is 30.9 Å². The van der Waals surface area contributed by atoms with Gasteiger partial charge >= 0.3 is 5.97 Å². The van der Waals surface area contributed by atoms with Crippen LogP contribution in [0.4, 0.5) is 5.69 Å². The maximum absolute atomic E-state index is 12.7. The zero-order valence-electron chi connectivity index (χ0n) is 18.5. The molecule has 1 heterocycles. The van der Waals surface area contributed by atoms with E-state index in [4.69, 9.17) is 18.9 Å². The minimum absolute atomic E-state index is 0.0895. The molecule has 33 heavy (non-hydrogen) atoms. The molecule has 2 aromatic rings. The molecule has 0 unspecified atom stereocenters. The lowest BCUT2D eigenvalue weighted by Gasteiger charge is -2.18. The monoisotopic (exact) mass is 478 g/mol. The number of anilines is 1. The number of ether oxygens (including phenoxy) is 4. The van der Waals surface area contributed by atoms with Crippen molar-refractivity contribution in [3.05, 3.63) is 42.5 Å². The highest BCUT2D eigenvalue weighted by Crippen LogP contribution is 2.32. The van der Waals surface area contributed by atoms with E-state index in [0.29, 0.717) is 42.6 Å². The van der Waals surface area contributed by atoms with Crippen molar-refractivity contribution in [3.8, 4) is 17.2 Å². The maximum Gasteiger partial charge on any atom is 0.324 e. The molecule has 0 aromatic heterocycles. The normalized spacial score (nSPS) is 15.0. The number of para-hydroxylation sites is 2. The number of amides is 1. The average Bonchev–Trinajstić information content (AvgIpc) is 3.04. The highest BCUT2D eigenvalue weighted by Gasteiger charge is 2.27. The van der Waals surface area contributed by atoms with Gasteiger partial charge in [-0.15, -0.1) is 0 Å². The number of nitrogens with one attached hydrogen (secondary N) is 2. The largest absolute Gasteiger partial charge is 0.495 e. The summed E-state index contributed by atoms with van der Waals surface area (Å²) in [7, 11) is -2.60. The Kier molecular flexibility index (Phi) is 7.77. The Hall–Kier alpha value is -3.31. The number of carbonyl (C=O) groups excluding carboxylic acids is 2. The molecule has 11 heteroatoms. The van der Waals surface area contributed by atoms with Crippen LogP contribution >= 0.6 is 0 Å². The van der Waals surface area contributed by atoms with Crippen LogP contribution in [0.2, 0.25) is 0 Å². The lowest BCUT2D eigenvalue weighted by atomic mass is 10.2. The van der Waals surface area contributed by atoms with Crippen LogP contribution in [-0.4, -0.2) is 52.8 Å². The first-order chi connectivity index (χ1) is 15.7. The summed E-state index contributed by atoms with van der Waals surface area (Å²) in [5.41, 5.74) is 0.413. The fourth-order valence-corrected chi connectivity index (χ4v) is 4.18. The van der Waals surface area contributed by atoms with Crippen molar-refractivity contribution in [2.75, 3.05) is 25.6 Å². The van der Waals surface area contributed by atoms with Gasteiger partial charge < -0.3 is 24.3 Å². The number of sulfonamides is 1.